The average Bonchev–Trinajstić information content (AvgIpc) is 2.96. The largest absolute Gasteiger partial charge is 0.316 e. The number of hydrogen-bond donors (Lipinski definition) is 2. The molecule has 134 valence electrons. The molecule has 0 radical (unpaired) electrons. The number of nitrogens with zero attached hydrogens (tertiary/aromatic N) is 2. The zero-order chi connectivity index (χ0) is 16.3. The SMILES string of the molecule is CC1(CN2CCCC(C(=O)Nc3ccc(Cl)cn3)C2)CCNC1.Cl. The van der Waals surface area contributed by atoms with Crippen molar-refractivity contribution in [3.05, 3.63) is 23.4 Å². The second-order valence-electron chi connectivity index (χ2n) is 7.16. The first-order valence-corrected chi connectivity index (χ1v) is 8.77. The number of aromatic nitrogens is 1. The maximum atomic E-state index is 12.5. The molecule has 2 atom stereocenters. The van der Waals surface area contributed by atoms with Crippen LogP contribution in [-0.4, -0.2) is 48.5 Å². The number of rotatable bonds is 4. The van der Waals surface area contributed by atoms with Crippen LogP contribution in [0.2, 0.25) is 5.02 Å². The molecule has 1 aromatic rings. The van der Waals surface area contributed by atoms with E-state index < -0.39 is 0 Å². The number of pyridine rings is 1. The lowest BCUT2D eigenvalue weighted by atomic mass is 9.87. The van der Waals surface area contributed by atoms with Crippen molar-refractivity contribution in [1.82, 2.24) is 15.2 Å². The van der Waals surface area contributed by atoms with Crippen molar-refractivity contribution >= 4 is 35.7 Å². The Labute approximate surface area is 154 Å². The fourth-order valence-electron chi connectivity index (χ4n) is 3.63. The fourth-order valence-corrected chi connectivity index (χ4v) is 3.75. The molecule has 2 N–H and O–H groups in total. The van der Waals surface area contributed by atoms with Gasteiger partial charge < -0.3 is 15.5 Å². The van der Waals surface area contributed by atoms with Crippen LogP contribution in [0.15, 0.2) is 18.3 Å². The first-order valence-electron chi connectivity index (χ1n) is 8.40. The topological polar surface area (TPSA) is 57.3 Å². The first kappa shape index (κ1) is 19.4. The average molecular weight is 373 g/mol. The van der Waals surface area contributed by atoms with Crippen molar-refractivity contribution in [3.63, 3.8) is 0 Å². The van der Waals surface area contributed by atoms with Gasteiger partial charge in [0.25, 0.3) is 0 Å². The van der Waals surface area contributed by atoms with E-state index in [0.717, 1.165) is 45.6 Å². The molecule has 2 saturated heterocycles. The van der Waals surface area contributed by atoms with Crippen molar-refractivity contribution in [2.45, 2.75) is 26.2 Å². The maximum Gasteiger partial charge on any atom is 0.229 e. The number of nitrogens with one attached hydrogen (secondary N) is 2. The number of amides is 1. The molecule has 0 aliphatic carbocycles. The standard InChI is InChI=1S/C17H25ClN4O.ClH/c1-17(6-7-19-11-17)12-22-8-2-3-13(10-22)16(23)21-15-5-4-14(18)9-20-15;/h4-5,9,13,19H,2-3,6-8,10-12H2,1H3,(H,20,21,23);1H. The predicted octanol–water partition coefficient (Wildman–Crippen LogP) is 2.81. The summed E-state index contributed by atoms with van der Waals surface area (Å²) < 4.78 is 0. The van der Waals surface area contributed by atoms with Crippen LogP contribution in [0.1, 0.15) is 26.2 Å². The van der Waals surface area contributed by atoms with Gasteiger partial charge in [-0.1, -0.05) is 18.5 Å². The number of carbonyl (C=O) groups is 1. The lowest BCUT2D eigenvalue weighted by molar-refractivity contribution is -0.121. The molecule has 0 saturated carbocycles. The zero-order valence-corrected chi connectivity index (χ0v) is 15.6. The lowest BCUT2D eigenvalue weighted by Crippen LogP contribution is -2.45. The van der Waals surface area contributed by atoms with E-state index in [1.807, 2.05) is 0 Å². The minimum absolute atomic E-state index is 0. The summed E-state index contributed by atoms with van der Waals surface area (Å²) in [5.74, 6) is 0.682. The van der Waals surface area contributed by atoms with Crippen molar-refractivity contribution in [1.29, 1.82) is 0 Å². The highest BCUT2D eigenvalue weighted by molar-refractivity contribution is 6.30. The summed E-state index contributed by atoms with van der Waals surface area (Å²) in [4.78, 5) is 19.1. The van der Waals surface area contributed by atoms with Crippen molar-refractivity contribution in [2.75, 3.05) is 38.0 Å². The molecule has 0 bridgehead atoms. The van der Waals surface area contributed by atoms with Crippen LogP contribution < -0.4 is 10.6 Å². The van der Waals surface area contributed by atoms with E-state index in [1.165, 1.54) is 6.42 Å². The molecule has 1 amide bonds. The van der Waals surface area contributed by atoms with Gasteiger partial charge >= 0.3 is 0 Å². The second-order valence-corrected chi connectivity index (χ2v) is 7.60. The van der Waals surface area contributed by atoms with Crippen LogP contribution in [0.4, 0.5) is 5.82 Å². The van der Waals surface area contributed by atoms with Gasteiger partial charge in [0.1, 0.15) is 5.82 Å². The van der Waals surface area contributed by atoms with E-state index >= 15 is 0 Å². The van der Waals surface area contributed by atoms with E-state index in [-0.39, 0.29) is 24.2 Å². The van der Waals surface area contributed by atoms with Gasteiger partial charge in [-0.3, -0.25) is 4.79 Å². The Hall–Kier alpha value is -0.880. The number of hydrogen-bond acceptors (Lipinski definition) is 4. The maximum absolute atomic E-state index is 12.5. The highest BCUT2D eigenvalue weighted by atomic mass is 35.5. The molecule has 2 unspecified atom stereocenters. The minimum atomic E-state index is 0. The van der Waals surface area contributed by atoms with Crippen LogP contribution in [0.3, 0.4) is 0 Å². The molecular formula is C17H26Cl2N4O. The third-order valence-electron chi connectivity index (χ3n) is 4.92. The lowest BCUT2D eigenvalue weighted by Gasteiger charge is -2.37. The molecule has 3 rings (SSSR count). The van der Waals surface area contributed by atoms with Gasteiger partial charge in [-0.25, -0.2) is 4.98 Å². The van der Waals surface area contributed by atoms with E-state index in [0.29, 0.717) is 16.3 Å². The third-order valence-corrected chi connectivity index (χ3v) is 5.14. The minimum Gasteiger partial charge on any atom is -0.316 e. The van der Waals surface area contributed by atoms with Gasteiger partial charge in [-0.05, 0) is 49.9 Å². The van der Waals surface area contributed by atoms with Crippen LogP contribution in [0.25, 0.3) is 0 Å². The van der Waals surface area contributed by atoms with Gasteiger partial charge in [-0.2, -0.15) is 0 Å². The summed E-state index contributed by atoms with van der Waals surface area (Å²) >= 11 is 5.82. The Morgan fingerprint density at radius 2 is 2.38 bits per heavy atom. The third kappa shape index (κ3) is 5.06. The predicted molar refractivity (Wildman–Crippen MR) is 99.9 cm³/mol. The van der Waals surface area contributed by atoms with Crippen LogP contribution in [0, 0.1) is 11.3 Å². The Morgan fingerprint density at radius 1 is 1.54 bits per heavy atom. The summed E-state index contributed by atoms with van der Waals surface area (Å²) in [6.45, 7) is 7.54. The molecule has 0 spiro atoms. The molecule has 7 heteroatoms. The van der Waals surface area contributed by atoms with Gasteiger partial charge in [0, 0.05) is 25.8 Å². The summed E-state index contributed by atoms with van der Waals surface area (Å²) in [6, 6.07) is 3.48. The van der Waals surface area contributed by atoms with E-state index in [1.54, 1.807) is 18.3 Å². The van der Waals surface area contributed by atoms with Gasteiger partial charge in [0.05, 0.1) is 10.9 Å². The zero-order valence-electron chi connectivity index (χ0n) is 14.1. The van der Waals surface area contributed by atoms with Crippen molar-refractivity contribution in [3.8, 4) is 0 Å². The Kier molecular flexibility index (Phi) is 6.87. The smallest absolute Gasteiger partial charge is 0.229 e. The molecular weight excluding hydrogens is 347 g/mol. The van der Waals surface area contributed by atoms with Crippen LogP contribution in [-0.2, 0) is 4.79 Å². The number of piperidine rings is 1. The summed E-state index contributed by atoms with van der Waals surface area (Å²) in [5.41, 5.74) is 0.343. The van der Waals surface area contributed by atoms with Gasteiger partial charge in [0.2, 0.25) is 5.91 Å². The van der Waals surface area contributed by atoms with E-state index in [9.17, 15) is 4.79 Å². The van der Waals surface area contributed by atoms with E-state index in [2.05, 4.69) is 27.4 Å². The number of likely N-dealkylation sites (tertiary alicyclic amines) is 1. The van der Waals surface area contributed by atoms with Gasteiger partial charge in [-0.15, -0.1) is 12.4 Å². The van der Waals surface area contributed by atoms with E-state index in [4.69, 9.17) is 11.6 Å². The molecule has 2 fully saturated rings. The molecule has 3 heterocycles. The highest BCUT2D eigenvalue weighted by Gasteiger charge is 2.33. The normalized spacial score (nSPS) is 27.5. The molecule has 5 nitrogen and oxygen atoms in total. The summed E-state index contributed by atoms with van der Waals surface area (Å²) in [5, 5.41) is 6.94. The molecule has 24 heavy (non-hydrogen) atoms. The Morgan fingerprint density at radius 3 is 3.04 bits per heavy atom. The quantitative estimate of drug-likeness (QED) is 0.852. The van der Waals surface area contributed by atoms with Crippen molar-refractivity contribution in [2.24, 2.45) is 11.3 Å². The first-order chi connectivity index (χ1) is 11.0. The number of halogens is 2. The van der Waals surface area contributed by atoms with Gasteiger partial charge in [0.15, 0.2) is 0 Å². The Bertz CT molecular complexity index is 546. The summed E-state index contributed by atoms with van der Waals surface area (Å²) in [7, 11) is 0. The highest BCUT2D eigenvalue weighted by Crippen LogP contribution is 2.28. The molecule has 2 aliphatic heterocycles. The van der Waals surface area contributed by atoms with Crippen LogP contribution in [0.5, 0.6) is 0 Å². The molecule has 0 aromatic carbocycles. The molecule has 2 aliphatic rings. The second kappa shape index (κ2) is 8.48. The monoisotopic (exact) mass is 372 g/mol. The number of carbonyl (C=O) groups excluding carboxylic acids is 1. The van der Waals surface area contributed by atoms with Crippen molar-refractivity contribution < 1.29 is 4.79 Å². The number of anilines is 1. The van der Waals surface area contributed by atoms with Crippen LogP contribution >= 0.6 is 24.0 Å². The Balaban J connectivity index is 0.00000208. The summed E-state index contributed by atoms with van der Waals surface area (Å²) in [6.07, 6.45) is 4.80. The molecule has 1 aromatic heterocycles. The fraction of sp³-hybridized carbons (Fsp3) is 0.647.